The van der Waals surface area contributed by atoms with Gasteiger partial charge in [0.05, 0.1) is 18.8 Å². The molecule has 0 saturated carbocycles. The van der Waals surface area contributed by atoms with Crippen molar-refractivity contribution in [2.45, 2.75) is 0 Å². The van der Waals surface area contributed by atoms with Gasteiger partial charge in [0.2, 0.25) is 0 Å². The highest BCUT2D eigenvalue weighted by Crippen LogP contribution is 2.29. The Labute approximate surface area is 127 Å². The van der Waals surface area contributed by atoms with E-state index >= 15 is 0 Å². The number of rotatable bonds is 3. The summed E-state index contributed by atoms with van der Waals surface area (Å²) in [7, 11) is 1.60. The van der Waals surface area contributed by atoms with Gasteiger partial charge < -0.3 is 4.74 Å². The van der Waals surface area contributed by atoms with E-state index in [1.54, 1.807) is 43.5 Å². The van der Waals surface area contributed by atoms with E-state index in [2.05, 4.69) is 6.07 Å². The second-order valence-corrected chi connectivity index (χ2v) is 4.85. The number of nitrogens with zero attached hydrogens (tertiary/aromatic N) is 1. The Kier molecular flexibility index (Phi) is 4.68. The maximum Gasteiger partial charge on any atom is 0.118 e. The zero-order chi connectivity index (χ0) is 14.5. The quantitative estimate of drug-likeness (QED) is 0.586. The molecule has 0 bridgehead atoms. The summed E-state index contributed by atoms with van der Waals surface area (Å²) in [5.74, 6) is 0.738. The van der Waals surface area contributed by atoms with Gasteiger partial charge in [-0.05, 0) is 48.0 Å². The van der Waals surface area contributed by atoms with Gasteiger partial charge in [-0.1, -0.05) is 29.3 Å². The minimum absolute atomic E-state index is 0.489. The molecular formula is C16H11Cl2NO. The molecule has 0 fully saturated rings. The lowest BCUT2D eigenvalue weighted by Gasteiger charge is -2.05. The van der Waals surface area contributed by atoms with Crippen LogP contribution in [0.25, 0.3) is 11.6 Å². The number of nitriles is 1. The first-order valence-electron chi connectivity index (χ1n) is 5.86. The van der Waals surface area contributed by atoms with Gasteiger partial charge in [0.1, 0.15) is 5.75 Å². The van der Waals surface area contributed by atoms with Gasteiger partial charge in [-0.15, -0.1) is 0 Å². The van der Waals surface area contributed by atoms with Crippen molar-refractivity contribution in [1.29, 1.82) is 5.26 Å². The lowest BCUT2D eigenvalue weighted by molar-refractivity contribution is 0.415. The summed E-state index contributed by atoms with van der Waals surface area (Å²) in [6, 6.07) is 14.6. The number of methoxy groups -OCH3 is 1. The van der Waals surface area contributed by atoms with Crippen LogP contribution in [0.5, 0.6) is 5.75 Å². The molecule has 0 unspecified atom stereocenters. The normalized spacial score (nSPS) is 11.0. The van der Waals surface area contributed by atoms with E-state index in [4.69, 9.17) is 27.9 Å². The fraction of sp³-hybridized carbons (Fsp3) is 0.0625. The highest BCUT2D eigenvalue weighted by molar-refractivity contribution is 6.37. The molecule has 0 saturated heterocycles. The Morgan fingerprint density at radius 3 is 2.20 bits per heavy atom. The minimum atomic E-state index is 0.489. The minimum Gasteiger partial charge on any atom is -0.497 e. The molecule has 0 N–H and O–H groups in total. The molecule has 0 spiro atoms. The summed E-state index contributed by atoms with van der Waals surface area (Å²) in [5.41, 5.74) is 1.91. The molecule has 0 heterocycles. The van der Waals surface area contributed by atoms with Crippen LogP contribution in [0.15, 0.2) is 42.5 Å². The van der Waals surface area contributed by atoms with Gasteiger partial charge in [-0.3, -0.25) is 0 Å². The smallest absolute Gasteiger partial charge is 0.118 e. The molecule has 20 heavy (non-hydrogen) atoms. The summed E-state index contributed by atoms with van der Waals surface area (Å²) >= 11 is 12.2. The second kappa shape index (κ2) is 6.47. The molecule has 0 aliphatic rings. The zero-order valence-corrected chi connectivity index (χ0v) is 12.2. The average Bonchev–Trinajstić information content (AvgIpc) is 2.47. The molecule has 0 radical (unpaired) electrons. The molecule has 2 aromatic carbocycles. The van der Waals surface area contributed by atoms with Crippen LogP contribution in [0.1, 0.15) is 11.1 Å². The summed E-state index contributed by atoms with van der Waals surface area (Å²) in [6.45, 7) is 0. The maximum atomic E-state index is 9.31. The van der Waals surface area contributed by atoms with Crippen molar-refractivity contribution in [2.24, 2.45) is 0 Å². The Morgan fingerprint density at radius 2 is 1.70 bits per heavy atom. The third-order valence-corrected chi connectivity index (χ3v) is 3.47. The van der Waals surface area contributed by atoms with Crippen molar-refractivity contribution in [3.05, 3.63) is 63.6 Å². The monoisotopic (exact) mass is 303 g/mol. The zero-order valence-electron chi connectivity index (χ0n) is 10.7. The van der Waals surface area contributed by atoms with Crippen LogP contribution in [0.3, 0.4) is 0 Å². The SMILES string of the molecule is COc1ccc(/C(C#N)=C\c2c(Cl)cccc2Cl)cc1. The van der Waals surface area contributed by atoms with Crippen LogP contribution in [-0.2, 0) is 0 Å². The lowest BCUT2D eigenvalue weighted by atomic mass is 10.0. The van der Waals surface area contributed by atoms with Crippen LogP contribution in [0.4, 0.5) is 0 Å². The largest absolute Gasteiger partial charge is 0.497 e. The van der Waals surface area contributed by atoms with Crippen LogP contribution in [0.2, 0.25) is 10.0 Å². The number of hydrogen-bond donors (Lipinski definition) is 0. The molecule has 0 atom stereocenters. The topological polar surface area (TPSA) is 33.0 Å². The number of halogens is 2. The maximum absolute atomic E-state index is 9.31. The molecule has 100 valence electrons. The molecule has 0 amide bonds. The molecule has 0 aliphatic heterocycles. The third-order valence-electron chi connectivity index (χ3n) is 2.81. The standard InChI is InChI=1S/C16H11Cl2NO/c1-20-13-7-5-11(6-8-13)12(10-19)9-14-15(17)3-2-4-16(14)18/h2-9H,1H3/b12-9-. The van der Waals surface area contributed by atoms with E-state index in [0.717, 1.165) is 11.3 Å². The van der Waals surface area contributed by atoms with Crippen LogP contribution < -0.4 is 4.74 Å². The van der Waals surface area contributed by atoms with Crippen molar-refractivity contribution in [1.82, 2.24) is 0 Å². The lowest BCUT2D eigenvalue weighted by Crippen LogP contribution is -1.86. The second-order valence-electron chi connectivity index (χ2n) is 4.03. The first-order chi connectivity index (χ1) is 9.65. The van der Waals surface area contributed by atoms with E-state index in [-0.39, 0.29) is 0 Å². The van der Waals surface area contributed by atoms with E-state index in [1.807, 2.05) is 12.1 Å². The number of benzene rings is 2. The van der Waals surface area contributed by atoms with E-state index < -0.39 is 0 Å². The van der Waals surface area contributed by atoms with Crippen LogP contribution >= 0.6 is 23.2 Å². The summed E-state index contributed by atoms with van der Waals surface area (Å²) < 4.78 is 5.09. The van der Waals surface area contributed by atoms with Gasteiger partial charge in [-0.2, -0.15) is 5.26 Å². The van der Waals surface area contributed by atoms with Gasteiger partial charge in [-0.25, -0.2) is 0 Å². The highest BCUT2D eigenvalue weighted by atomic mass is 35.5. The molecule has 0 aliphatic carbocycles. The van der Waals surface area contributed by atoms with Crippen molar-refractivity contribution in [3.8, 4) is 11.8 Å². The Morgan fingerprint density at radius 1 is 1.10 bits per heavy atom. The molecule has 2 rings (SSSR count). The molecule has 4 heteroatoms. The van der Waals surface area contributed by atoms with Crippen molar-refractivity contribution < 1.29 is 4.74 Å². The molecular weight excluding hydrogens is 293 g/mol. The molecule has 0 aromatic heterocycles. The predicted molar refractivity (Wildman–Crippen MR) is 82.9 cm³/mol. The van der Waals surface area contributed by atoms with Gasteiger partial charge >= 0.3 is 0 Å². The number of allylic oxidation sites excluding steroid dienone is 1. The van der Waals surface area contributed by atoms with Gasteiger partial charge in [0, 0.05) is 15.6 Å². The average molecular weight is 304 g/mol. The number of hydrogen-bond acceptors (Lipinski definition) is 2. The number of ether oxygens (including phenoxy) is 1. The summed E-state index contributed by atoms with van der Waals surface area (Å²) in [5, 5.41) is 10.3. The highest BCUT2D eigenvalue weighted by Gasteiger charge is 2.06. The van der Waals surface area contributed by atoms with Crippen molar-refractivity contribution in [3.63, 3.8) is 0 Å². The van der Waals surface area contributed by atoms with E-state index in [0.29, 0.717) is 21.2 Å². The fourth-order valence-corrected chi connectivity index (χ4v) is 2.25. The molecule has 2 aromatic rings. The predicted octanol–water partition coefficient (Wildman–Crippen LogP) is 5.07. The molecule has 2 nitrogen and oxygen atoms in total. The van der Waals surface area contributed by atoms with E-state index in [1.165, 1.54) is 0 Å². The Bertz CT molecular complexity index is 664. The van der Waals surface area contributed by atoms with Crippen molar-refractivity contribution in [2.75, 3.05) is 7.11 Å². The fourth-order valence-electron chi connectivity index (χ4n) is 1.74. The van der Waals surface area contributed by atoms with Gasteiger partial charge in [0.25, 0.3) is 0 Å². The van der Waals surface area contributed by atoms with Crippen molar-refractivity contribution >= 4 is 34.9 Å². The Balaban J connectivity index is 2.46. The summed E-state index contributed by atoms with van der Waals surface area (Å²) in [6.07, 6.45) is 1.69. The van der Waals surface area contributed by atoms with Crippen LogP contribution in [0, 0.1) is 11.3 Å². The third kappa shape index (κ3) is 3.14. The van der Waals surface area contributed by atoms with Crippen LogP contribution in [-0.4, -0.2) is 7.11 Å². The first-order valence-corrected chi connectivity index (χ1v) is 6.61. The summed E-state index contributed by atoms with van der Waals surface area (Å²) in [4.78, 5) is 0. The van der Waals surface area contributed by atoms with E-state index in [9.17, 15) is 5.26 Å². The first kappa shape index (κ1) is 14.5. The van der Waals surface area contributed by atoms with Gasteiger partial charge in [0.15, 0.2) is 0 Å². The Hall–Kier alpha value is -1.95.